The maximum Gasteiger partial charge on any atom is 0.220 e. The van der Waals surface area contributed by atoms with Crippen LogP contribution in [0.2, 0.25) is 0 Å². The first kappa shape index (κ1) is 82.5. The van der Waals surface area contributed by atoms with E-state index in [0.717, 1.165) is 44.9 Å². The van der Waals surface area contributed by atoms with Crippen molar-refractivity contribution in [2.24, 2.45) is 0 Å². The van der Waals surface area contributed by atoms with Crippen LogP contribution in [0.3, 0.4) is 0 Å². The highest BCUT2D eigenvalue weighted by atomic mass is 16.8. The molecule has 1 amide bonds. The molecule has 530 valence electrons. The van der Waals surface area contributed by atoms with E-state index < -0.39 is 124 Å². The number of ether oxygens (including phenoxy) is 6. The topological polar surface area (TPSA) is 307 Å². The molecule has 3 fully saturated rings. The number of carbonyl (C=O) groups is 1. The van der Waals surface area contributed by atoms with Gasteiger partial charge in [-0.1, -0.05) is 263 Å². The Morgan fingerprint density at radius 2 is 0.700 bits per heavy atom. The van der Waals surface area contributed by atoms with Crippen molar-refractivity contribution in [2.75, 3.05) is 26.4 Å². The first-order chi connectivity index (χ1) is 43.8. The third kappa shape index (κ3) is 34.8. The van der Waals surface area contributed by atoms with Crippen LogP contribution < -0.4 is 5.32 Å². The first-order valence-corrected chi connectivity index (χ1v) is 36.6. The summed E-state index contributed by atoms with van der Waals surface area (Å²) < 4.78 is 34.4. The fourth-order valence-electron chi connectivity index (χ4n) is 12.5. The summed E-state index contributed by atoms with van der Waals surface area (Å²) in [7, 11) is 0. The number of carbonyl (C=O) groups excluding carboxylic acids is 1. The Morgan fingerprint density at radius 1 is 0.389 bits per heavy atom. The van der Waals surface area contributed by atoms with Crippen molar-refractivity contribution in [3.8, 4) is 0 Å². The molecule has 0 aromatic carbocycles. The monoisotopic (exact) mass is 1290 g/mol. The maximum absolute atomic E-state index is 13.4. The van der Waals surface area contributed by atoms with Gasteiger partial charge in [-0.05, 0) is 44.9 Å². The van der Waals surface area contributed by atoms with Gasteiger partial charge in [0.15, 0.2) is 18.9 Å². The van der Waals surface area contributed by atoms with Crippen LogP contribution in [0.15, 0.2) is 24.3 Å². The molecule has 0 bridgehead atoms. The second-order valence-electron chi connectivity index (χ2n) is 26.4. The molecule has 17 unspecified atom stereocenters. The van der Waals surface area contributed by atoms with Gasteiger partial charge in [0.1, 0.15) is 73.2 Å². The minimum atomic E-state index is -1.98. The lowest BCUT2D eigenvalue weighted by atomic mass is 9.96. The lowest BCUT2D eigenvalue weighted by Gasteiger charge is -2.48. The molecular formula is C71H133NO18. The molecule has 3 heterocycles. The van der Waals surface area contributed by atoms with Gasteiger partial charge in [-0.15, -0.1) is 0 Å². The van der Waals surface area contributed by atoms with E-state index in [1.54, 1.807) is 6.08 Å². The molecule has 19 heteroatoms. The zero-order valence-electron chi connectivity index (χ0n) is 56.1. The molecule has 0 aromatic heterocycles. The second kappa shape index (κ2) is 53.4. The highest BCUT2D eigenvalue weighted by Gasteiger charge is 2.53. The number of amides is 1. The van der Waals surface area contributed by atoms with Crippen LogP contribution in [0, 0.1) is 0 Å². The molecule has 19 nitrogen and oxygen atoms in total. The summed E-state index contributed by atoms with van der Waals surface area (Å²) in [4.78, 5) is 13.4. The number of hydrogen-bond acceptors (Lipinski definition) is 18. The summed E-state index contributed by atoms with van der Waals surface area (Å²) in [5, 5.41) is 121. The summed E-state index contributed by atoms with van der Waals surface area (Å²) in [6.45, 7) is 1.76. The molecule has 17 atom stereocenters. The van der Waals surface area contributed by atoms with Gasteiger partial charge in [0, 0.05) is 6.42 Å². The Balaban J connectivity index is 1.39. The van der Waals surface area contributed by atoms with Gasteiger partial charge in [-0.3, -0.25) is 4.79 Å². The van der Waals surface area contributed by atoms with Gasteiger partial charge >= 0.3 is 0 Å². The normalized spacial score (nSPS) is 28.1. The number of rotatable bonds is 57. The Kier molecular flexibility index (Phi) is 49.0. The quantitative estimate of drug-likeness (QED) is 0.0199. The van der Waals surface area contributed by atoms with Crippen LogP contribution in [0.5, 0.6) is 0 Å². The molecule has 0 radical (unpaired) electrons. The van der Waals surface area contributed by atoms with E-state index in [4.69, 9.17) is 28.4 Å². The molecule has 0 aromatic rings. The zero-order valence-corrected chi connectivity index (χ0v) is 56.1. The number of aliphatic hydroxyl groups is 11. The molecule has 0 spiro atoms. The molecule has 3 aliphatic heterocycles. The van der Waals surface area contributed by atoms with Gasteiger partial charge in [0.05, 0.1) is 38.6 Å². The predicted molar refractivity (Wildman–Crippen MR) is 351 cm³/mol. The lowest BCUT2D eigenvalue weighted by Crippen LogP contribution is -2.66. The Hall–Kier alpha value is -1.73. The lowest BCUT2D eigenvalue weighted by molar-refractivity contribution is -0.379. The highest BCUT2D eigenvalue weighted by molar-refractivity contribution is 5.76. The van der Waals surface area contributed by atoms with E-state index in [-0.39, 0.29) is 18.9 Å². The molecule has 12 N–H and O–H groups in total. The van der Waals surface area contributed by atoms with Crippen molar-refractivity contribution in [3.63, 3.8) is 0 Å². The van der Waals surface area contributed by atoms with Crippen LogP contribution >= 0.6 is 0 Å². The van der Waals surface area contributed by atoms with Crippen molar-refractivity contribution in [1.82, 2.24) is 5.32 Å². The van der Waals surface area contributed by atoms with Crippen molar-refractivity contribution in [2.45, 2.75) is 394 Å². The summed E-state index contributed by atoms with van der Waals surface area (Å²) in [5.74, 6) is -0.271. The molecule has 3 rings (SSSR count). The molecule has 90 heavy (non-hydrogen) atoms. The number of allylic oxidation sites excluding steroid dienone is 3. The third-order valence-electron chi connectivity index (χ3n) is 18.5. The van der Waals surface area contributed by atoms with Gasteiger partial charge in [0.2, 0.25) is 5.91 Å². The van der Waals surface area contributed by atoms with E-state index in [9.17, 15) is 61.0 Å². The van der Waals surface area contributed by atoms with E-state index in [1.807, 2.05) is 6.08 Å². The standard InChI is InChI=1S/C71H133NO18/c1-3-5-7-9-11-13-15-17-19-21-22-23-24-25-26-27-28-29-30-31-32-33-35-37-39-41-43-45-47-49-59(77)72-54(55(76)48-46-44-42-40-38-36-34-20-18-16-14-12-10-8-6-4-2)53-85-69-65(83)62(80)67(57(51-74)87-69)90-71-66(84)63(81)68(58(52-75)88-71)89-70-64(82)61(79)60(78)56(50-73)86-70/h21-22,46,48,54-58,60-71,73-76,78-84H,3-20,23-45,47,49-53H2,1-2H3,(H,72,77)/b22-21-,48-46+. The molecule has 0 saturated carbocycles. The van der Waals surface area contributed by atoms with Gasteiger partial charge in [-0.2, -0.15) is 0 Å². The van der Waals surface area contributed by atoms with Gasteiger partial charge in [0.25, 0.3) is 0 Å². The van der Waals surface area contributed by atoms with Crippen LogP contribution in [0.1, 0.15) is 290 Å². The highest BCUT2D eigenvalue weighted by Crippen LogP contribution is 2.33. The van der Waals surface area contributed by atoms with E-state index in [2.05, 4.69) is 31.3 Å². The summed E-state index contributed by atoms with van der Waals surface area (Å²) in [6.07, 6.45) is 34.5. The number of nitrogens with one attached hydrogen (secondary N) is 1. The van der Waals surface area contributed by atoms with Gasteiger partial charge in [-0.25, -0.2) is 0 Å². The van der Waals surface area contributed by atoms with Crippen LogP contribution in [0.25, 0.3) is 0 Å². The van der Waals surface area contributed by atoms with Crippen LogP contribution in [-0.4, -0.2) is 193 Å². The average molecular weight is 1290 g/mol. The Bertz CT molecular complexity index is 1730. The predicted octanol–water partition coefficient (Wildman–Crippen LogP) is 10.2. The summed E-state index contributed by atoms with van der Waals surface area (Å²) in [6, 6.07) is -0.970. The van der Waals surface area contributed by atoms with Crippen molar-refractivity contribution in [3.05, 3.63) is 24.3 Å². The molecular weight excluding hydrogens is 1150 g/mol. The average Bonchev–Trinajstić information content (AvgIpc) is 1.05. The Morgan fingerprint density at radius 3 is 1.08 bits per heavy atom. The fraction of sp³-hybridized carbons (Fsp3) is 0.930. The van der Waals surface area contributed by atoms with E-state index >= 15 is 0 Å². The van der Waals surface area contributed by atoms with Crippen LogP contribution in [0.4, 0.5) is 0 Å². The number of unbranched alkanes of at least 4 members (excludes halogenated alkanes) is 39. The SMILES string of the molecule is CCCCCCCCCC/C=C\CCCCCCCCCCCCCCCCCCCC(=O)NC(COC1OC(CO)C(OC2OC(CO)C(OC3OC(CO)C(O)C(O)C3O)C(O)C2O)C(O)C1O)C(O)/C=C/CCCCCCCCCCCCCCCC. The van der Waals surface area contributed by atoms with Gasteiger partial charge < -0.3 is 89.9 Å². The minimum Gasteiger partial charge on any atom is -0.394 e. The van der Waals surface area contributed by atoms with Crippen molar-refractivity contribution >= 4 is 5.91 Å². The van der Waals surface area contributed by atoms with Crippen LogP contribution in [-0.2, 0) is 33.2 Å². The largest absolute Gasteiger partial charge is 0.394 e. The van der Waals surface area contributed by atoms with Crippen molar-refractivity contribution < 1.29 is 89.4 Å². The smallest absolute Gasteiger partial charge is 0.220 e. The van der Waals surface area contributed by atoms with Crippen molar-refractivity contribution in [1.29, 1.82) is 0 Å². The Labute approximate surface area is 543 Å². The number of aliphatic hydroxyl groups excluding tert-OH is 11. The first-order valence-electron chi connectivity index (χ1n) is 36.6. The fourth-order valence-corrected chi connectivity index (χ4v) is 12.5. The minimum absolute atomic E-state index is 0.247. The summed E-state index contributed by atoms with van der Waals surface area (Å²) >= 11 is 0. The summed E-state index contributed by atoms with van der Waals surface area (Å²) in [5.41, 5.74) is 0. The molecule has 0 aliphatic carbocycles. The van der Waals surface area contributed by atoms with E-state index in [0.29, 0.717) is 6.42 Å². The molecule has 3 aliphatic rings. The third-order valence-corrected chi connectivity index (χ3v) is 18.5. The maximum atomic E-state index is 13.4. The number of hydrogen-bond donors (Lipinski definition) is 12. The molecule has 3 saturated heterocycles. The second-order valence-corrected chi connectivity index (χ2v) is 26.4. The zero-order chi connectivity index (χ0) is 65.4. The van der Waals surface area contributed by atoms with E-state index in [1.165, 1.54) is 218 Å².